The van der Waals surface area contributed by atoms with Gasteiger partial charge in [0.15, 0.2) is 0 Å². The van der Waals surface area contributed by atoms with Gasteiger partial charge in [-0.05, 0) is 76.1 Å². The topological polar surface area (TPSA) is 78.4 Å². The summed E-state index contributed by atoms with van der Waals surface area (Å²) >= 11 is 0.995. The first-order valence-corrected chi connectivity index (χ1v) is 14.2. The third-order valence-corrected chi connectivity index (χ3v) is 5.57. The van der Waals surface area contributed by atoms with Crippen LogP contribution in [0.5, 0.6) is 5.75 Å². The number of benzene rings is 1. The number of hydrogen-bond acceptors (Lipinski definition) is 6. The molecule has 0 saturated carbocycles. The van der Waals surface area contributed by atoms with Crippen LogP contribution in [0.4, 0.5) is 0 Å². The van der Waals surface area contributed by atoms with Crippen LogP contribution in [0.3, 0.4) is 0 Å². The molecule has 1 aromatic carbocycles. The van der Waals surface area contributed by atoms with Gasteiger partial charge in [0.2, 0.25) is 5.12 Å². The first-order chi connectivity index (χ1) is 18.7. The Morgan fingerprint density at radius 3 is 1.74 bits per heavy atom. The molecule has 0 unspecified atom stereocenters. The van der Waals surface area contributed by atoms with E-state index in [2.05, 4.69) is 89.9 Å². The molecule has 0 aliphatic heterocycles. The Bertz CT molecular complexity index is 902. The van der Waals surface area contributed by atoms with Crippen molar-refractivity contribution in [2.75, 3.05) is 20.1 Å². The normalized spacial score (nSPS) is 11.9. The van der Waals surface area contributed by atoms with E-state index in [1.54, 1.807) is 18.2 Å². The van der Waals surface area contributed by atoms with E-state index in [0.717, 1.165) is 69.7 Å². The summed E-state index contributed by atoms with van der Waals surface area (Å²) in [6.45, 7) is 3.64. The van der Waals surface area contributed by atoms with Gasteiger partial charge in [-0.3, -0.25) is 9.52 Å². The number of para-hydroxylation sites is 1. The maximum atomic E-state index is 11.5. The van der Waals surface area contributed by atoms with Gasteiger partial charge in [0.25, 0.3) is 0 Å². The summed E-state index contributed by atoms with van der Waals surface area (Å²) in [4.78, 5) is 21.7. The van der Waals surface area contributed by atoms with Crippen LogP contribution in [0.1, 0.15) is 68.6 Å². The van der Waals surface area contributed by atoms with Crippen molar-refractivity contribution >= 4 is 23.3 Å². The number of phenols is 1. The van der Waals surface area contributed by atoms with Crippen LogP contribution < -0.4 is 10.0 Å². The van der Waals surface area contributed by atoms with E-state index >= 15 is 0 Å². The molecule has 0 amide bonds. The predicted molar refractivity (Wildman–Crippen MR) is 165 cm³/mol. The zero-order chi connectivity index (χ0) is 27.9. The number of nitrogens with one attached hydrogen (secondary N) is 2. The number of carbonyl (C=O) groups excluding carboxylic acids is 2. The number of carbonyl (C=O) groups is 2. The van der Waals surface area contributed by atoms with Gasteiger partial charge in [-0.2, -0.15) is 0 Å². The minimum absolute atomic E-state index is 0.0189. The highest BCUT2D eigenvalue weighted by atomic mass is 32.2. The van der Waals surface area contributed by atoms with E-state index in [4.69, 9.17) is 0 Å². The molecule has 0 aliphatic carbocycles. The minimum atomic E-state index is -0.177. The van der Waals surface area contributed by atoms with Crippen LogP contribution in [0, 0.1) is 0 Å². The molecule has 5 nitrogen and oxygen atoms in total. The van der Waals surface area contributed by atoms with Gasteiger partial charge in [0, 0.05) is 19.5 Å². The zero-order valence-electron chi connectivity index (χ0n) is 23.1. The Morgan fingerprint density at radius 1 is 0.763 bits per heavy atom. The van der Waals surface area contributed by atoms with Crippen LogP contribution in [-0.4, -0.2) is 36.6 Å². The lowest BCUT2D eigenvalue weighted by atomic mass is 10.2. The molecule has 0 aromatic heterocycles. The van der Waals surface area contributed by atoms with Crippen LogP contribution in [0.15, 0.2) is 97.2 Å². The number of phenolic OH excluding ortho intramolecular Hbond substituents is 1. The molecule has 0 aliphatic rings. The van der Waals surface area contributed by atoms with Gasteiger partial charge in [0.1, 0.15) is 12.0 Å². The molecule has 208 valence electrons. The maximum absolute atomic E-state index is 11.5. The monoisotopic (exact) mass is 538 g/mol. The van der Waals surface area contributed by atoms with E-state index in [-0.39, 0.29) is 10.9 Å². The van der Waals surface area contributed by atoms with Gasteiger partial charge in [-0.1, -0.05) is 92.0 Å². The fourth-order valence-electron chi connectivity index (χ4n) is 2.80. The predicted octanol–water partition coefficient (Wildman–Crippen LogP) is 7.65. The molecule has 0 fully saturated rings. The Labute approximate surface area is 234 Å². The highest BCUT2D eigenvalue weighted by molar-refractivity contribution is 8.12. The number of unbranched alkanes of at least 4 members (excludes halogenated alkanes) is 1. The Hall–Kier alpha value is -2.93. The number of aldehydes is 1. The van der Waals surface area contributed by atoms with Crippen LogP contribution in [-0.2, 0) is 4.79 Å². The van der Waals surface area contributed by atoms with Crippen molar-refractivity contribution in [3.8, 4) is 5.75 Å². The minimum Gasteiger partial charge on any atom is -0.507 e. The highest BCUT2D eigenvalue weighted by Crippen LogP contribution is 2.19. The summed E-state index contributed by atoms with van der Waals surface area (Å²) in [5, 5.41) is 12.2. The van der Waals surface area contributed by atoms with Gasteiger partial charge in [-0.15, -0.1) is 0 Å². The second kappa shape index (κ2) is 28.6. The largest absolute Gasteiger partial charge is 0.507 e. The molecule has 0 saturated heterocycles. The van der Waals surface area contributed by atoms with Gasteiger partial charge >= 0.3 is 0 Å². The summed E-state index contributed by atoms with van der Waals surface area (Å²) in [6.07, 6.45) is 34.7. The van der Waals surface area contributed by atoms with Crippen molar-refractivity contribution in [1.29, 1.82) is 0 Å². The average Bonchev–Trinajstić information content (AvgIpc) is 2.93. The smallest absolute Gasteiger partial charge is 0.237 e. The van der Waals surface area contributed by atoms with Crippen molar-refractivity contribution in [2.24, 2.45) is 0 Å². The third kappa shape index (κ3) is 23.5. The molecular formula is C32H46N2O3S. The van der Waals surface area contributed by atoms with Gasteiger partial charge in [0.05, 0.1) is 5.56 Å². The molecule has 1 rings (SSSR count). The summed E-state index contributed by atoms with van der Waals surface area (Å²) in [7, 11) is 1.84. The maximum Gasteiger partial charge on any atom is 0.237 e. The van der Waals surface area contributed by atoms with Crippen molar-refractivity contribution in [2.45, 2.75) is 58.3 Å². The van der Waals surface area contributed by atoms with Crippen LogP contribution in [0.2, 0.25) is 0 Å². The molecule has 0 bridgehead atoms. The molecule has 0 radical (unpaired) electrons. The second-order valence-electron chi connectivity index (χ2n) is 8.06. The molecule has 38 heavy (non-hydrogen) atoms. The molecule has 1 aromatic rings. The molecular weight excluding hydrogens is 492 g/mol. The van der Waals surface area contributed by atoms with E-state index in [1.807, 2.05) is 7.05 Å². The number of hydrogen-bond donors (Lipinski definition) is 3. The highest BCUT2D eigenvalue weighted by Gasteiger charge is 2.10. The second-order valence-corrected chi connectivity index (χ2v) is 8.93. The lowest BCUT2D eigenvalue weighted by Crippen LogP contribution is -2.21. The number of likely N-dealkylation sites (N-methyl/N-ethyl adjacent to an activating group) is 1. The van der Waals surface area contributed by atoms with Crippen LogP contribution in [0.25, 0.3) is 0 Å². The van der Waals surface area contributed by atoms with E-state index in [1.165, 1.54) is 6.07 Å². The van der Waals surface area contributed by atoms with Gasteiger partial charge in [-0.25, -0.2) is 0 Å². The van der Waals surface area contributed by atoms with Crippen molar-refractivity contribution in [1.82, 2.24) is 10.0 Å². The Kier molecular flexibility index (Phi) is 26.4. The number of allylic oxidation sites excluding steroid dienone is 12. The van der Waals surface area contributed by atoms with E-state index in [0.29, 0.717) is 18.5 Å². The Balaban J connectivity index is 0.000000784. The van der Waals surface area contributed by atoms with Crippen molar-refractivity contribution in [3.05, 3.63) is 103 Å². The summed E-state index contributed by atoms with van der Waals surface area (Å²) in [5.74, 6) is 0.0189. The SMILES string of the molecule is CC/C=C\C/C=C\C/C=C\C/C=C\C/C=C\C/C=C\CCC=O.CNCCNSC(=O)c1ccccc1O. The first kappa shape index (κ1) is 35.1. The fraction of sp³-hybridized carbons (Fsp3) is 0.375. The van der Waals surface area contributed by atoms with E-state index < -0.39 is 0 Å². The lowest BCUT2D eigenvalue weighted by Gasteiger charge is -2.04. The fourth-order valence-corrected chi connectivity index (χ4v) is 3.42. The molecule has 0 heterocycles. The average molecular weight is 539 g/mol. The molecule has 0 atom stereocenters. The zero-order valence-corrected chi connectivity index (χ0v) is 23.9. The van der Waals surface area contributed by atoms with E-state index in [9.17, 15) is 14.7 Å². The van der Waals surface area contributed by atoms with Crippen molar-refractivity contribution in [3.63, 3.8) is 0 Å². The first-order valence-electron chi connectivity index (χ1n) is 13.4. The molecule has 6 heteroatoms. The Morgan fingerprint density at radius 2 is 1.26 bits per heavy atom. The van der Waals surface area contributed by atoms with Crippen molar-refractivity contribution < 1.29 is 14.7 Å². The third-order valence-electron chi connectivity index (χ3n) is 4.81. The lowest BCUT2D eigenvalue weighted by molar-refractivity contribution is -0.107. The van der Waals surface area contributed by atoms with Gasteiger partial charge < -0.3 is 15.2 Å². The standard InChI is InChI=1S/C22H32O.C10H14N2O2S/c1-2-3-4-5-6-7-8-9-10-11-12-13-14-15-16-17-18-19-20-21-22-23;1-11-6-7-12-15-10(14)8-4-2-3-5-9(8)13/h3-4,6-7,9-10,12-13,15-16,18-19,22H,2,5,8,11,14,17,20-21H2,1H3;2-5,11-13H,6-7H2,1H3/b4-3-,7-6-,10-9-,13-12-,16-15-,19-18-;. The van der Waals surface area contributed by atoms with Crippen LogP contribution >= 0.6 is 11.9 Å². The molecule has 3 N–H and O–H groups in total. The number of aromatic hydroxyl groups is 1. The molecule has 0 spiro atoms. The summed E-state index contributed by atoms with van der Waals surface area (Å²) in [5.41, 5.74) is 0.333. The summed E-state index contributed by atoms with van der Waals surface area (Å²) in [6, 6.07) is 6.51. The number of rotatable bonds is 19. The summed E-state index contributed by atoms with van der Waals surface area (Å²) < 4.78 is 2.91. The quantitative estimate of drug-likeness (QED) is 0.0726.